The van der Waals surface area contributed by atoms with Crippen molar-refractivity contribution in [1.29, 1.82) is 0 Å². The molecule has 2 atom stereocenters. The van der Waals surface area contributed by atoms with Crippen LogP contribution < -0.4 is 11.1 Å². The van der Waals surface area contributed by atoms with Crippen LogP contribution in [-0.4, -0.2) is 22.0 Å². The Morgan fingerprint density at radius 1 is 1.50 bits per heavy atom. The summed E-state index contributed by atoms with van der Waals surface area (Å²) in [6.45, 7) is 1.71. The Kier molecular flexibility index (Phi) is 3.76. The van der Waals surface area contributed by atoms with Crippen LogP contribution in [0.2, 0.25) is 0 Å². The van der Waals surface area contributed by atoms with Gasteiger partial charge < -0.3 is 11.1 Å². The molecule has 1 heterocycles. The fourth-order valence-corrected chi connectivity index (χ4v) is 2.40. The lowest BCUT2D eigenvalue weighted by atomic mass is 9.91. The second-order valence-corrected chi connectivity index (χ2v) is 4.78. The van der Waals surface area contributed by atoms with Gasteiger partial charge in [0.2, 0.25) is 5.82 Å². The van der Waals surface area contributed by atoms with Crippen molar-refractivity contribution in [3.8, 4) is 0 Å². The third kappa shape index (κ3) is 2.59. The van der Waals surface area contributed by atoms with E-state index >= 15 is 0 Å². The van der Waals surface area contributed by atoms with Gasteiger partial charge in [0.1, 0.15) is 0 Å². The van der Waals surface area contributed by atoms with Crippen molar-refractivity contribution in [2.75, 3.05) is 5.32 Å². The number of hydrogen-bond acceptors (Lipinski definition) is 5. The molecule has 0 spiro atoms. The van der Waals surface area contributed by atoms with Crippen molar-refractivity contribution in [2.45, 2.75) is 44.7 Å². The van der Waals surface area contributed by atoms with Crippen LogP contribution in [0.3, 0.4) is 0 Å². The summed E-state index contributed by atoms with van der Waals surface area (Å²) < 4.78 is 0. The first-order chi connectivity index (χ1) is 8.59. The zero-order chi connectivity index (χ0) is 13.1. The summed E-state index contributed by atoms with van der Waals surface area (Å²) >= 11 is 0. The Morgan fingerprint density at radius 2 is 2.22 bits per heavy atom. The van der Waals surface area contributed by atoms with Gasteiger partial charge >= 0.3 is 5.69 Å². The van der Waals surface area contributed by atoms with Crippen LogP contribution in [0.4, 0.5) is 11.5 Å². The van der Waals surface area contributed by atoms with Crippen LogP contribution in [0.1, 0.15) is 31.2 Å². The first-order valence-corrected chi connectivity index (χ1v) is 6.21. The van der Waals surface area contributed by atoms with E-state index in [9.17, 15) is 10.1 Å². The molecule has 3 N–H and O–H groups in total. The van der Waals surface area contributed by atoms with Crippen LogP contribution in [0.25, 0.3) is 0 Å². The summed E-state index contributed by atoms with van der Waals surface area (Å²) in [7, 11) is 0. The van der Waals surface area contributed by atoms with Crippen LogP contribution in [-0.2, 0) is 0 Å². The molecule has 0 saturated heterocycles. The van der Waals surface area contributed by atoms with Crippen molar-refractivity contribution in [3.63, 3.8) is 0 Å². The topological polar surface area (TPSA) is 94.1 Å². The molecular formula is C12H18N4O2. The Balaban J connectivity index is 2.23. The second kappa shape index (κ2) is 5.30. The number of anilines is 1. The van der Waals surface area contributed by atoms with Crippen LogP contribution in [0.15, 0.2) is 12.3 Å². The summed E-state index contributed by atoms with van der Waals surface area (Å²) in [5.41, 5.74) is 6.69. The Bertz CT molecular complexity index is 450. The number of nitrogens with two attached hydrogens (primary N) is 1. The van der Waals surface area contributed by atoms with E-state index < -0.39 is 0 Å². The number of rotatable bonds is 3. The van der Waals surface area contributed by atoms with E-state index in [0.717, 1.165) is 25.7 Å². The highest BCUT2D eigenvalue weighted by Crippen LogP contribution is 2.28. The molecular weight excluding hydrogens is 232 g/mol. The van der Waals surface area contributed by atoms with Gasteiger partial charge in [-0.05, 0) is 25.8 Å². The van der Waals surface area contributed by atoms with E-state index in [0.29, 0.717) is 11.4 Å². The van der Waals surface area contributed by atoms with E-state index in [1.165, 1.54) is 0 Å². The van der Waals surface area contributed by atoms with Crippen molar-refractivity contribution in [1.82, 2.24) is 4.98 Å². The molecule has 2 unspecified atom stereocenters. The SMILES string of the molecule is Cc1ccnc(NC2CCCCC2N)c1[N+](=O)[O-]. The molecule has 2 rings (SSSR count). The standard InChI is InChI=1S/C12H18N4O2/c1-8-6-7-14-12(11(8)16(17)18)15-10-5-3-2-4-9(10)13/h6-7,9-10H,2-5,13H2,1H3,(H,14,15). The predicted octanol–water partition coefficient (Wildman–Crippen LogP) is 1.98. The average Bonchev–Trinajstić information content (AvgIpc) is 2.31. The smallest absolute Gasteiger partial charge is 0.314 e. The van der Waals surface area contributed by atoms with Crippen molar-refractivity contribution < 1.29 is 4.92 Å². The van der Waals surface area contributed by atoms with Crippen LogP contribution in [0.5, 0.6) is 0 Å². The van der Waals surface area contributed by atoms with Gasteiger partial charge in [-0.1, -0.05) is 12.8 Å². The fraction of sp³-hybridized carbons (Fsp3) is 0.583. The number of pyridine rings is 1. The van der Waals surface area contributed by atoms with E-state index in [2.05, 4.69) is 10.3 Å². The lowest BCUT2D eigenvalue weighted by Crippen LogP contribution is -2.42. The van der Waals surface area contributed by atoms with Gasteiger partial charge in [0.15, 0.2) is 0 Å². The van der Waals surface area contributed by atoms with Crippen molar-refractivity contribution >= 4 is 11.5 Å². The number of aryl methyl sites for hydroxylation is 1. The summed E-state index contributed by atoms with van der Waals surface area (Å²) in [5.74, 6) is 0.336. The van der Waals surface area contributed by atoms with E-state index in [1.807, 2.05) is 0 Å². The first kappa shape index (κ1) is 12.8. The first-order valence-electron chi connectivity index (χ1n) is 6.21. The third-order valence-electron chi connectivity index (χ3n) is 3.45. The summed E-state index contributed by atoms with van der Waals surface area (Å²) in [6, 6.07) is 1.76. The maximum absolute atomic E-state index is 11.1. The predicted molar refractivity (Wildman–Crippen MR) is 69.5 cm³/mol. The maximum Gasteiger partial charge on any atom is 0.314 e. The van der Waals surface area contributed by atoms with Gasteiger partial charge in [-0.25, -0.2) is 4.98 Å². The van der Waals surface area contributed by atoms with Gasteiger partial charge in [-0.15, -0.1) is 0 Å². The molecule has 1 aromatic rings. The number of nitro groups is 1. The molecule has 1 aromatic heterocycles. The Hall–Kier alpha value is -1.69. The van der Waals surface area contributed by atoms with Gasteiger partial charge in [-0.2, -0.15) is 0 Å². The molecule has 18 heavy (non-hydrogen) atoms. The Morgan fingerprint density at radius 3 is 2.89 bits per heavy atom. The highest BCUT2D eigenvalue weighted by molar-refractivity contribution is 5.60. The number of nitrogens with one attached hydrogen (secondary N) is 1. The van der Waals surface area contributed by atoms with Gasteiger partial charge in [0.25, 0.3) is 0 Å². The molecule has 1 fully saturated rings. The maximum atomic E-state index is 11.1. The van der Waals surface area contributed by atoms with Gasteiger partial charge in [0.05, 0.1) is 4.92 Å². The molecule has 6 nitrogen and oxygen atoms in total. The van der Waals surface area contributed by atoms with Crippen molar-refractivity contribution in [3.05, 3.63) is 27.9 Å². The van der Waals surface area contributed by atoms with E-state index in [4.69, 9.17) is 5.73 Å². The number of aromatic nitrogens is 1. The minimum absolute atomic E-state index is 0.0423. The number of hydrogen-bond donors (Lipinski definition) is 2. The highest BCUT2D eigenvalue weighted by Gasteiger charge is 2.26. The lowest BCUT2D eigenvalue weighted by molar-refractivity contribution is -0.384. The third-order valence-corrected chi connectivity index (χ3v) is 3.45. The van der Waals surface area contributed by atoms with Gasteiger partial charge in [0, 0.05) is 23.8 Å². The lowest BCUT2D eigenvalue weighted by Gasteiger charge is -2.29. The zero-order valence-corrected chi connectivity index (χ0v) is 10.4. The monoisotopic (exact) mass is 250 g/mol. The minimum Gasteiger partial charge on any atom is -0.360 e. The second-order valence-electron chi connectivity index (χ2n) is 4.78. The summed E-state index contributed by atoms with van der Waals surface area (Å²) in [6.07, 6.45) is 5.71. The largest absolute Gasteiger partial charge is 0.360 e. The highest BCUT2D eigenvalue weighted by atomic mass is 16.6. The summed E-state index contributed by atoms with van der Waals surface area (Å²) in [5, 5.41) is 14.2. The zero-order valence-electron chi connectivity index (χ0n) is 10.4. The van der Waals surface area contributed by atoms with E-state index in [-0.39, 0.29) is 22.7 Å². The van der Waals surface area contributed by atoms with Gasteiger partial charge in [-0.3, -0.25) is 10.1 Å². The fourth-order valence-electron chi connectivity index (χ4n) is 2.40. The molecule has 0 amide bonds. The average molecular weight is 250 g/mol. The molecule has 1 saturated carbocycles. The van der Waals surface area contributed by atoms with Crippen LogP contribution in [0, 0.1) is 17.0 Å². The molecule has 0 aromatic carbocycles. The molecule has 1 aliphatic carbocycles. The molecule has 0 radical (unpaired) electrons. The minimum atomic E-state index is -0.390. The molecule has 0 bridgehead atoms. The molecule has 98 valence electrons. The normalized spacial score (nSPS) is 23.7. The quantitative estimate of drug-likeness (QED) is 0.632. The molecule has 1 aliphatic rings. The van der Waals surface area contributed by atoms with E-state index in [1.54, 1.807) is 19.2 Å². The number of nitrogens with zero attached hydrogens (tertiary/aromatic N) is 2. The summed E-state index contributed by atoms with van der Waals surface area (Å²) in [4.78, 5) is 14.8. The molecule has 0 aliphatic heterocycles. The Labute approximate surface area is 106 Å². The molecule has 6 heteroatoms. The van der Waals surface area contributed by atoms with Crippen molar-refractivity contribution in [2.24, 2.45) is 5.73 Å². The van der Waals surface area contributed by atoms with Crippen LogP contribution >= 0.6 is 0 Å².